The molecule has 0 saturated heterocycles. The van der Waals surface area contributed by atoms with Crippen LogP contribution < -0.4 is 14.2 Å². The fourth-order valence-corrected chi connectivity index (χ4v) is 4.10. The minimum absolute atomic E-state index is 0.229. The van der Waals surface area contributed by atoms with Crippen LogP contribution in [0.5, 0.6) is 17.2 Å². The van der Waals surface area contributed by atoms with Crippen molar-refractivity contribution in [2.24, 2.45) is 0 Å². The van der Waals surface area contributed by atoms with Crippen LogP contribution in [0.1, 0.15) is 22.1 Å². The van der Waals surface area contributed by atoms with Gasteiger partial charge in [-0.1, -0.05) is 30.3 Å². The minimum atomic E-state index is -0.635. The summed E-state index contributed by atoms with van der Waals surface area (Å²) in [5.41, 5.74) is 1.92. The number of ether oxygens (including phenoxy) is 3. The van der Waals surface area contributed by atoms with Gasteiger partial charge in [-0.25, -0.2) is 0 Å². The summed E-state index contributed by atoms with van der Waals surface area (Å²) in [4.78, 5) is 3.49. The van der Waals surface area contributed by atoms with E-state index in [-0.39, 0.29) is 6.79 Å². The maximum atomic E-state index is 10.9. The molecule has 3 aromatic rings. The summed E-state index contributed by atoms with van der Waals surface area (Å²) in [6, 6.07) is 17.8. The van der Waals surface area contributed by atoms with E-state index in [0.29, 0.717) is 18.8 Å². The van der Waals surface area contributed by atoms with Gasteiger partial charge in [0.15, 0.2) is 11.5 Å². The highest BCUT2D eigenvalue weighted by Crippen LogP contribution is 2.34. The van der Waals surface area contributed by atoms with E-state index in [9.17, 15) is 5.11 Å². The Bertz CT molecular complexity index is 913. The van der Waals surface area contributed by atoms with Crippen molar-refractivity contribution in [3.63, 3.8) is 0 Å². The monoisotopic (exact) mass is 397 g/mol. The second-order valence-corrected chi connectivity index (χ2v) is 7.72. The van der Waals surface area contributed by atoms with Gasteiger partial charge in [-0.15, -0.1) is 11.3 Å². The predicted octanol–water partition coefficient (Wildman–Crippen LogP) is 4.22. The Hall–Kier alpha value is -2.54. The van der Waals surface area contributed by atoms with Crippen molar-refractivity contribution in [2.45, 2.75) is 19.2 Å². The van der Waals surface area contributed by atoms with Gasteiger partial charge in [0.2, 0.25) is 6.79 Å². The van der Waals surface area contributed by atoms with Crippen molar-refractivity contribution in [2.75, 3.05) is 20.4 Å². The number of hydrogen-bond donors (Lipinski definition) is 1. The molecule has 1 aliphatic heterocycles. The fourth-order valence-electron chi connectivity index (χ4n) is 3.35. The van der Waals surface area contributed by atoms with Gasteiger partial charge in [-0.2, -0.15) is 0 Å². The van der Waals surface area contributed by atoms with E-state index in [4.69, 9.17) is 14.2 Å². The average molecular weight is 397 g/mol. The predicted molar refractivity (Wildman–Crippen MR) is 109 cm³/mol. The molecular weight excluding hydrogens is 374 g/mol. The molecule has 146 valence electrons. The summed E-state index contributed by atoms with van der Waals surface area (Å²) in [5, 5.41) is 13.0. The third-order valence-corrected chi connectivity index (χ3v) is 5.62. The highest BCUT2D eigenvalue weighted by molar-refractivity contribution is 7.09. The Morgan fingerprint density at radius 1 is 1.07 bits per heavy atom. The van der Waals surface area contributed by atoms with Gasteiger partial charge in [0.1, 0.15) is 5.75 Å². The number of benzene rings is 2. The first-order valence-electron chi connectivity index (χ1n) is 9.17. The zero-order valence-electron chi connectivity index (χ0n) is 15.7. The Labute approximate surface area is 168 Å². The van der Waals surface area contributed by atoms with Crippen LogP contribution in [0.4, 0.5) is 0 Å². The number of aliphatic hydroxyl groups excluding tert-OH is 1. The number of fused-ring (bicyclic) bond motifs is 1. The Kier molecular flexibility index (Phi) is 5.81. The van der Waals surface area contributed by atoms with Gasteiger partial charge < -0.3 is 19.3 Å². The van der Waals surface area contributed by atoms with Gasteiger partial charge in [0.25, 0.3) is 0 Å². The number of rotatable bonds is 8. The number of nitrogens with zero attached hydrogens (tertiary/aromatic N) is 1. The molecule has 1 N–H and O–H groups in total. The third kappa shape index (κ3) is 4.30. The number of para-hydroxylation sites is 1. The van der Waals surface area contributed by atoms with Crippen LogP contribution in [0.2, 0.25) is 0 Å². The Balaban J connectivity index is 1.53. The number of hydrogen-bond acceptors (Lipinski definition) is 6. The maximum absolute atomic E-state index is 10.9. The molecule has 0 amide bonds. The lowest BCUT2D eigenvalue weighted by Crippen LogP contribution is -2.28. The number of methoxy groups -OCH3 is 1. The summed E-state index contributed by atoms with van der Waals surface area (Å²) in [6.45, 7) is 2.17. The highest BCUT2D eigenvalue weighted by atomic mass is 32.1. The van der Waals surface area contributed by atoms with Gasteiger partial charge in [-0.05, 0) is 35.2 Å². The van der Waals surface area contributed by atoms with Gasteiger partial charge >= 0.3 is 0 Å². The molecule has 0 aliphatic carbocycles. The van der Waals surface area contributed by atoms with Crippen molar-refractivity contribution in [3.8, 4) is 17.2 Å². The quantitative estimate of drug-likeness (QED) is 0.617. The molecule has 0 spiro atoms. The summed E-state index contributed by atoms with van der Waals surface area (Å²) in [5.74, 6) is 2.27. The molecule has 5 nitrogen and oxygen atoms in total. The first-order chi connectivity index (χ1) is 13.7. The normalized spacial score (nSPS) is 13.7. The van der Waals surface area contributed by atoms with Crippen LogP contribution in [-0.2, 0) is 13.1 Å². The van der Waals surface area contributed by atoms with E-state index in [1.807, 2.05) is 36.4 Å². The number of aliphatic hydroxyl groups is 1. The highest BCUT2D eigenvalue weighted by Gasteiger charge is 2.20. The van der Waals surface area contributed by atoms with Crippen molar-refractivity contribution in [3.05, 3.63) is 76.0 Å². The molecule has 4 rings (SSSR count). The lowest BCUT2D eigenvalue weighted by atomic mass is 10.1. The van der Waals surface area contributed by atoms with Gasteiger partial charge in [0, 0.05) is 30.1 Å². The summed E-state index contributed by atoms with van der Waals surface area (Å²) >= 11 is 1.72. The van der Waals surface area contributed by atoms with Gasteiger partial charge in [-0.3, -0.25) is 4.90 Å². The van der Waals surface area contributed by atoms with Crippen LogP contribution in [0.15, 0.2) is 60.0 Å². The van der Waals surface area contributed by atoms with E-state index < -0.39 is 6.10 Å². The lowest BCUT2D eigenvalue weighted by Gasteiger charge is -2.25. The molecule has 1 aromatic heterocycles. The summed E-state index contributed by atoms with van der Waals surface area (Å²) in [6.07, 6.45) is -0.635. The minimum Gasteiger partial charge on any atom is -0.496 e. The summed E-state index contributed by atoms with van der Waals surface area (Å²) in [7, 11) is 1.68. The maximum Gasteiger partial charge on any atom is 0.231 e. The average Bonchev–Trinajstić information content (AvgIpc) is 3.39. The zero-order chi connectivity index (χ0) is 19.3. The SMILES string of the molecule is COc1ccccc1CN(Cc1cccs1)CC(O)c1ccc2c(c1)OCO2. The van der Waals surface area contributed by atoms with Crippen molar-refractivity contribution in [1.82, 2.24) is 4.90 Å². The van der Waals surface area contributed by atoms with Crippen LogP contribution in [0, 0.1) is 0 Å². The molecule has 1 atom stereocenters. The van der Waals surface area contributed by atoms with Gasteiger partial charge in [0.05, 0.1) is 13.2 Å². The largest absolute Gasteiger partial charge is 0.496 e. The molecule has 6 heteroatoms. The molecule has 28 heavy (non-hydrogen) atoms. The Morgan fingerprint density at radius 3 is 2.75 bits per heavy atom. The van der Waals surface area contributed by atoms with E-state index in [0.717, 1.165) is 29.2 Å². The van der Waals surface area contributed by atoms with Crippen LogP contribution in [-0.4, -0.2) is 30.5 Å². The summed E-state index contributed by atoms with van der Waals surface area (Å²) < 4.78 is 16.3. The zero-order valence-corrected chi connectivity index (χ0v) is 16.5. The molecule has 0 saturated carbocycles. The Morgan fingerprint density at radius 2 is 1.93 bits per heavy atom. The lowest BCUT2D eigenvalue weighted by molar-refractivity contribution is 0.105. The van der Waals surface area contributed by atoms with E-state index in [1.165, 1.54) is 4.88 Å². The van der Waals surface area contributed by atoms with Crippen LogP contribution in [0.3, 0.4) is 0 Å². The second-order valence-electron chi connectivity index (χ2n) is 6.69. The second kappa shape index (κ2) is 8.65. The van der Waals surface area contributed by atoms with Crippen LogP contribution >= 0.6 is 11.3 Å². The van der Waals surface area contributed by atoms with Crippen molar-refractivity contribution in [1.29, 1.82) is 0 Å². The third-order valence-electron chi connectivity index (χ3n) is 4.76. The molecule has 1 aliphatic rings. The van der Waals surface area contributed by atoms with Crippen molar-refractivity contribution < 1.29 is 19.3 Å². The van der Waals surface area contributed by atoms with E-state index >= 15 is 0 Å². The first kappa shape index (κ1) is 18.8. The topological polar surface area (TPSA) is 51.2 Å². The molecule has 1 unspecified atom stereocenters. The molecule has 0 bridgehead atoms. The smallest absolute Gasteiger partial charge is 0.231 e. The van der Waals surface area contributed by atoms with E-state index in [2.05, 4.69) is 28.5 Å². The molecular formula is C22H23NO4S. The first-order valence-corrected chi connectivity index (χ1v) is 10.0. The van der Waals surface area contributed by atoms with Crippen LogP contribution in [0.25, 0.3) is 0 Å². The molecule has 0 fully saturated rings. The fraction of sp³-hybridized carbons (Fsp3) is 0.273. The molecule has 0 radical (unpaired) electrons. The van der Waals surface area contributed by atoms with E-state index in [1.54, 1.807) is 18.4 Å². The standard InChI is InChI=1S/C22H23NO4S/c1-25-20-7-3-2-5-17(20)12-23(13-18-6-4-10-28-18)14-19(24)16-8-9-21-22(11-16)27-15-26-21/h2-11,19,24H,12-15H2,1H3. The molecule has 2 heterocycles. The van der Waals surface area contributed by atoms with Crippen molar-refractivity contribution >= 4 is 11.3 Å². The number of thiophene rings is 1. The molecule has 2 aromatic carbocycles.